The van der Waals surface area contributed by atoms with Crippen molar-refractivity contribution in [3.8, 4) is 11.6 Å². The van der Waals surface area contributed by atoms with Gasteiger partial charge in [0.1, 0.15) is 5.82 Å². The molecule has 0 amide bonds. The van der Waals surface area contributed by atoms with Gasteiger partial charge in [0.2, 0.25) is 5.82 Å². The number of hydrogen-bond donors (Lipinski definition) is 0. The molecule has 0 aromatic carbocycles. The summed E-state index contributed by atoms with van der Waals surface area (Å²) in [5, 5.41) is 9.84. The summed E-state index contributed by atoms with van der Waals surface area (Å²) in [5.74, 6) is 3.45. The van der Waals surface area contributed by atoms with Gasteiger partial charge in [-0.05, 0) is 25.0 Å². The van der Waals surface area contributed by atoms with E-state index in [0.717, 1.165) is 28.3 Å². The molecule has 1 aliphatic rings. The van der Waals surface area contributed by atoms with Gasteiger partial charge in [-0.25, -0.2) is 4.98 Å². The maximum atomic E-state index is 5.58. The minimum atomic E-state index is 0.456. The SMILES string of the molecule is Cn1ccnc1CSc1nnc(-c2ccco2)n1C1CCCCC1. The van der Waals surface area contributed by atoms with Crippen molar-refractivity contribution in [2.45, 2.75) is 49.1 Å². The first kappa shape index (κ1) is 15.5. The molecule has 0 spiro atoms. The molecule has 0 unspecified atom stereocenters. The summed E-state index contributed by atoms with van der Waals surface area (Å²) in [6, 6.07) is 4.31. The maximum Gasteiger partial charge on any atom is 0.200 e. The highest BCUT2D eigenvalue weighted by molar-refractivity contribution is 7.98. The van der Waals surface area contributed by atoms with E-state index in [1.165, 1.54) is 32.1 Å². The van der Waals surface area contributed by atoms with Crippen LogP contribution in [0.4, 0.5) is 0 Å². The molecular weight excluding hydrogens is 322 g/mol. The van der Waals surface area contributed by atoms with E-state index in [9.17, 15) is 0 Å². The van der Waals surface area contributed by atoms with Gasteiger partial charge >= 0.3 is 0 Å². The van der Waals surface area contributed by atoms with Gasteiger partial charge in [0.25, 0.3) is 0 Å². The van der Waals surface area contributed by atoms with Crippen molar-refractivity contribution in [1.29, 1.82) is 0 Å². The molecule has 1 saturated carbocycles. The summed E-state index contributed by atoms with van der Waals surface area (Å²) in [5.41, 5.74) is 0. The van der Waals surface area contributed by atoms with Gasteiger partial charge in [-0.3, -0.25) is 4.57 Å². The second-order valence-corrected chi connectivity index (χ2v) is 7.13. The van der Waals surface area contributed by atoms with Crippen molar-refractivity contribution in [1.82, 2.24) is 24.3 Å². The predicted molar refractivity (Wildman–Crippen MR) is 92.6 cm³/mol. The Morgan fingerprint density at radius 3 is 2.83 bits per heavy atom. The number of furan rings is 1. The third-order valence-electron chi connectivity index (χ3n) is 4.60. The van der Waals surface area contributed by atoms with Crippen LogP contribution in [0.3, 0.4) is 0 Å². The van der Waals surface area contributed by atoms with Crippen LogP contribution in [0, 0.1) is 0 Å². The third-order valence-corrected chi connectivity index (χ3v) is 5.54. The lowest BCUT2D eigenvalue weighted by molar-refractivity contribution is 0.337. The monoisotopic (exact) mass is 343 g/mol. The smallest absolute Gasteiger partial charge is 0.200 e. The van der Waals surface area contributed by atoms with Crippen molar-refractivity contribution in [2.24, 2.45) is 7.05 Å². The summed E-state index contributed by atoms with van der Waals surface area (Å²) in [4.78, 5) is 4.40. The van der Waals surface area contributed by atoms with Crippen LogP contribution in [-0.2, 0) is 12.8 Å². The minimum Gasteiger partial charge on any atom is -0.461 e. The summed E-state index contributed by atoms with van der Waals surface area (Å²) in [6.45, 7) is 0. The number of imidazole rings is 1. The first-order chi connectivity index (χ1) is 11.8. The zero-order chi connectivity index (χ0) is 16.4. The van der Waals surface area contributed by atoms with Gasteiger partial charge in [-0.1, -0.05) is 31.0 Å². The number of rotatable bonds is 5. The third kappa shape index (κ3) is 3.00. The Balaban J connectivity index is 1.64. The zero-order valence-electron chi connectivity index (χ0n) is 13.8. The second-order valence-electron chi connectivity index (χ2n) is 6.19. The van der Waals surface area contributed by atoms with Crippen LogP contribution in [0.25, 0.3) is 11.6 Å². The first-order valence-electron chi connectivity index (χ1n) is 8.40. The van der Waals surface area contributed by atoms with E-state index in [0.29, 0.717) is 6.04 Å². The van der Waals surface area contributed by atoms with E-state index in [1.807, 2.05) is 36.1 Å². The fraction of sp³-hybridized carbons (Fsp3) is 0.471. The molecule has 0 atom stereocenters. The lowest BCUT2D eigenvalue weighted by atomic mass is 9.95. The van der Waals surface area contributed by atoms with Crippen LogP contribution in [-0.4, -0.2) is 24.3 Å². The van der Waals surface area contributed by atoms with E-state index >= 15 is 0 Å². The van der Waals surface area contributed by atoms with Crippen molar-refractivity contribution in [3.05, 3.63) is 36.6 Å². The zero-order valence-corrected chi connectivity index (χ0v) is 14.6. The predicted octanol–water partition coefficient (Wildman–Crippen LogP) is 4.07. The van der Waals surface area contributed by atoms with Gasteiger partial charge in [-0.15, -0.1) is 10.2 Å². The van der Waals surface area contributed by atoms with Crippen LogP contribution < -0.4 is 0 Å². The molecule has 0 saturated heterocycles. The molecule has 0 bridgehead atoms. The molecule has 3 heterocycles. The van der Waals surface area contributed by atoms with Crippen LogP contribution in [0.15, 0.2) is 40.4 Å². The van der Waals surface area contributed by atoms with E-state index < -0.39 is 0 Å². The normalized spacial score (nSPS) is 15.9. The Morgan fingerprint density at radius 1 is 1.25 bits per heavy atom. The van der Waals surface area contributed by atoms with Crippen molar-refractivity contribution in [2.75, 3.05) is 0 Å². The molecule has 4 rings (SSSR count). The fourth-order valence-corrected chi connectivity index (χ4v) is 4.29. The quantitative estimate of drug-likeness (QED) is 0.654. The highest BCUT2D eigenvalue weighted by atomic mass is 32.2. The molecule has 1 fully saturated rings. The first-order valence-corrected chi connectivity index (χ1v) is 9.39. The van der Waals surface area contributed by atoms with E-state index in [4.69, 9.17) is 4.42 Å². The summed E-state index contributed by atoms with van der Waals surface area (Å²) in [6.07, 6.45) is 11.7. The molecule has 126 valence electrons. The van der Waals surface area contributed by atoms with E-state index in [2.05, 4.69) is 19.7 Å². The topological polar surface area (TPSA) is 61.7 Å². The molecule has 7 heteroatoms. The Morgan fingerprint density at radius 2 is 2.12 bits per heavy atom. The highest BCUT2D eigenvalue weighted by Gasteiger charge is 2.25. The highest BCUT2D eigenvalue weighted by Crippen LogP contribution is 2.36. The number of nitrogens with zero attached hydrogens (tertiary/aromatic N) is 5. The van der Waals surface area contributed by atoms with Crippen molar-refractivity contribution in [3.63, 3.8) is 0 Å². The molecule has 6 nitrogen and oxygen atoms in total. The largest absolute Gasteiger partial charge is 0.461 e. The van der Waals surface area contributed by atoms with E-state index in [-0.39, 0.29) is 0 Å². The molecule has 3 aromatic heterocycles. The molecule has 0 radical (unpaired) electrons. The van der Waals surface area contributed by atoms with Crippen LogP contribution in [0.1, 0.15) is 44.0 Å². The number of hydrogen-bond acceptors (Lipinski definition) is 5. The van der Waals surface area contributed by atoms with Gasteiger partial charge in [0.05, 0.1) is 12.0 Å². The summed E-state index contributed by atoms with van der Waals surface area (Å²) < 4.78 is 9.91. The summed E-state index contributed by atoms with van der Waals surface area (Å²) >= 11 is 1.70. The molecule has 0 aliphatic heterocycles. The molecule has 3 aromatic rings. The lowest BCUT2D eigenvalue weighted by Crippen LogP contribution is -2.15. The van der Waals surface area contributed by atoms with Crippen molar-refractivity contribution >= 4 is 11.8 Å². The number of aryl methyl sites for hydroxylation is 1. The van der Waals surface area contributed by atoms with Crippen LogP contribution in [0.5, 0.6) is 0 Å². The van der Waals surface area contributed by atoms with Gasteiger partial charge < -0.3 is 8.98 Å². The maximum absolute atomic E-state index is 5.58. The Hall–Kier alpha value is -2.02. The summed E-state index contributed by atoms with van der Waals surface area (Å²) in [7, 11) is 2.02. The molecular formula is C17H21N5OS. The Kier molecular flexibility index (Phi) is 4.42. The van der Waals surface area contributed by atoms with E-state index in [1.54, 1.807) is 18.0 Å². The Labute approximate surface area is 145 Å². The van der Waals surface area contributed by atoms with Crippen LogP contribution >= 0.6 is 11.8 Å². The van der Waals surface area contributed by atoms with Gasteiger partial charge in [0.15, 0.2) is 10.9 Å². The number of aromatic nitrogens is 5. The van der Waals surface area contributed by atoms with Gasteiger partial charge in [0, 0.05) is 25.5 Å². The second kappa shape index (κ2) is 6.84. The minimum absolute atomic E-state index is 0.456. The van der Waals surface area contributed by atoms with Crippen LogP contribution in [0.2, 0.25) is 0 Å². The molecule has 1 aliphatic carbocycles. The van der Waals surface area contributed by atoms with Crippen molar-refractivity contribution < 1.29 is 4.42 Å². The Bertz CT molecular complexity index is 786. The molecule has 0 N–H and O–H groups in total. The fourth-order valence-electron chi connectivity index (χ4n) is 3.28. The standard InChI is InChI=1S/C17H21N5OS/c1-21-10-9-18-15(21)12-24-17-20-19-16(14-8-5-11-23-14)22(17)13-6-3-2-4-7-13/h5,8-11,13H,2-4,6-7,12H2,1H3. The average Bonchev–Trinajstić information content (AvgIpc) is 3.34. The lowest BCUT2D eigenvalue weighted by Gasteiger charge is -2.25. The number of thioether (sulfide) groups is 1. The molecule has 24 heavy (non-hydrogen) atoms. The van der Waals surface area contributed by atoms with Gasteiger partial charge in [-0.2, -0.15) is 0 Å². The average molecular weight is 343 g/mol.